The van der Waals surface area contributed by atoms with Gasteiger partial charge in [0.25, 0.3) is 0 Å². The van der Waals surface area contributed by atoms with Crippen molar-refractivity contribution in [3.63, 3.8) is 0 Å². The summed E-state index contributed by atoms with van der Waals surface area (Å²) in [4.78, 5) is 17.5. The molecule has 0 fully saturated rings. The van der Waals surface area contributed by atoms with Gasteiger partial charge in [-0.05, 0) is 18.3 Å². The fourth-order valence-electron chi connectivity index (χ4n) is 3.27. The molecule has 0 aromatic rings. The van der Waals surface area contributed by atoms with Crippen LogP contribution >= 0.6 is 7.60 Å². The molecule has 0 aliphatic heterocycles. The SMILES string of the molecule is CC(C)(C)CCCCCCCCCCCCCCCCCP(=O)(O)O. The van der Waals surface area contributed by atoms with Crippen molar-refractivity contribution in [2.24, 2.45) is 5.41 Å². The van der Waals surface area contributed by atoms with Crippen LogP contribution in [0.1, 0.15) is 124 Å². The second-order valence-electron chi connectivity index (χ2n) is 9.00. The van der Waals surface area contributed by atoms with Crippen molar-refractivity contribution < 1.29 is 14.4 Å². The summed E-state index contributed by atoms with van der Waals surface area (Å²) in [6.45, 7) is 7.00. The minimum Gasteiger partial charge on any atom is -0.324 e. The lowest BCUT2D eigenvalue weighted by Crippen LogP contribution is -2.03. The van der Waals surface area contributed by atoms with Gasteiger partial charge in [-0.15, -0.1) is 0 Å². The Hall–Kier alpha value is 0.150. The number of hydrogen-bond acceptors (Lipinski definition) is 1. The molecule has 0 unspecified atom stereocenters. The van der Waals surface area contributed by atoms with E-state index in [1.165, 1.54) is 83.5 Å². The van der Waals surface area contributed by atoms with Crippen LogP contribution in [-0.2, 0) is 4.57 Å². The molecule has 0 aliphatic rings. The van der Waals surface area contributed by atoms with E-state index in [0.29, 0.717) is 11.8 Å². The van der Waals surface area contributed by atoms with Crippen LogP contribution in [0.15, 0.2) is 0 Å². The molecule has 0 aromatic carbocycles. The predicted molar refractivity (Wildman–Crippen MR) is 110 cm³/mol. The van der Waals surface area contributed by atoms with E-state index in [-0.39, 0.29) is 6.16 Å². The first-order valence-corrected chi connectivity index (χ1v) is 12.5. The molecule has 3 nitrogen and oxygen atoms in total. The van der Waals surface area contributed by atoms with Gasteiger partial charge in [0, 0.05) is 6.16 Å². The van der Waals surface area contributed by atoms with E-state index in [1.807, 2.05) is 0 Å². The Morgan fingerprint density at radius 3 is 1.12 bits per heavy atom. The van der Waals surface area contributed by atoms with Gasteiger partial charge < -0.3 is 9.79 Å². The molecular formula is C21H45O3P. The Morgan fingerprint density at radius 2 is 0.840 bits per heavy atom. The van der Waals surface area contributed by atoms with Gasteiger partial charge in [0.05, 0.1) is 0 Å². The van der Waals surface area contributed by atoms with Crippen LogP contribution in [0.25, 0.3) is 0 Å². The molecule has 0 heterocycles. The summed E-state index contributed by atoms with van der Waals surface area (Å²) < 4.78 is 10.7. The second kappa shape index (κ2) is 15.2. The van der Waals surface area contributed by atoms with E-state index in [9.17, 15) is 4.57 Å². The Kier molecular flexibility index (Phi) is 15.3. The summed E-state index contributed by atoms with van der Waals surface area (Å²) in [5, 5.41) is 0. The lowest BCUT2D eigenvalue weighted by Gasteiger charge is -2.17. The van der Waals surface area contributed by atoms with Crippen LogP contribution in [-0.4, -0.2) is 15.9 Å². The van der Waals surface area contributed by atoms with Gasteiger partial charge >= 0.3 is 7.60 Å². The summed E-state index contributed by atoms with van der Waals surface area (Å²) in [5.41, 5.74) is 0.503. The van der Waals surface area contributed by atoms with Crippen molar-refractivity contribution in [3.8, 4) is 0 Å². The molecule has 0 spiro atoms. The molecule has 0 bridgehead atoms. The summed E-state index contributed by atoms with van der Waals surface area (Å²) in [5.74, 6) is 0. The van der Waals surface area contributed by atoms with Gasteiger partial charge in [0.15, 0.2) is 0 Å². The standard InChI is InChI=1S/C21H45O3P/c1-21(2,3)19-17-15-13-11-9-7-5-4-6-8-10-12-14-16-18-20-25(22,23)24/h4-20H2,1-3H3,(H2,22,23,24). The average Bonchev–Trinajstić information content (AvgIpc) is 2.48. The zero-order chi connectivity index (χ0) is 19.0. The van der Waals surface area contributed by atoms with Crippen molar-refractivity contribution >= 4 is 7.60 Å². The van der Waals surface area contributed by atoms with E-state index >= 15 is 0 Å². The Labute approximate surface area is 157 Å². The van der Waals surface area contributed by atoms with Gasteiger partial charge in [-0.3, -0.25) is 4.57 Å². The monoisotopic (exact) mass is 376 g/mol. The van der Waals surface area contributed by atoms with Gasteiger partial charge in [0.1, 0.15) is 0 Å². The number of unbranched alkanes of at least 4 members (excludes halogenated alkanes) is 14. The van der Waals surface area contributed by atoms with Crippen LogP contribution < -0.4 is 0 Å². The third-order valence-corrected chi connectivity index (χ3v) is 5.77. The summed E-state index contributed by atoms with van der Waals surface area (Å²) >= 11 is 0. The molecule has 0 saturated carbocycles. The first kappa shape index (κ1) is 25.1. The van der Waals surface area contributed by atoms with Gasteiger partial charge in [-0.25, -0.2) is 0 Å². The topological polar surface area (TPSA) is 57.5 Å². The summed E-state index contributed by atoms with van der Waals surface area (Å²) in [6.07, 6.45) is 20.6. The predicted octanol–water partition coefficient (Wildman–Crippen LogP) is 7.45. The first-order valence-electron chi connectivity index (χ1n) is 10.8. The molecule has 0 radical (unpaired) electrons. The fraction of sp³-hybridized carbons (Fsp3) is 1.00. The van der Waals surface area contributed by atoms with E-state index < -0.39 is 7.60 Å². The number of rotatable bonds is 17. The zero-order valence-corrected chi connectivity index (χ0v) is 18.2. The lowest BCUT2D eigenvalue weighted by atomic mass is 9.89. The highest BCUT2D eigenvalue weighted by Gasteiger charge is 2.11. The third-order valence-electron chi connectivity index (χ3n) is 4.88. The maximum absolute atomic E-state index is 10.7. The van der Waals surface area contributed by atoms with E-state index in [1.54, 1.807) is 0 Å². The van der Waals surface area contributed by atoms with Gasteiger partial charge in [-0.1, -0.05) is 111 Å². The lowest BCUT2D eigenvalue weighted by molar-refractivity contribution is 0.356. The molecule has 0 rings (SSSR count). The second-order valence-corrected chi connectivity index (χ2v) is 10.8. The van der Waals surface area contributed by atoms with Crippen molar-refractivity contribution in [2.45, 2.75) is 124 Å². The third kappa shape index (κ3) is 24.1. The highest BCUT2D eigenvalue weighted by atomic mass is 31.2. The smallest absolute Gasteiger partial charge is 0.324 e. The molecule has 4 heteroatoms. The molecule has 0 atom stereocenters. The van der Waals surface area contributed by atoms with Crippen molar-refractivity contribution in [1.82, 2.24) is 0 Å². The van der Waals surface area contributed by atoms with Crippen LogP contribution in [0, 0.1) is 5.41 Å². The van der Waals surface area contributed by atoms with Crippen LogP contribution in [0.3, 0.4) is 0 Å². The molecule has 2 N–H and O–H groups in total. The first-order chi connectivity index (χ1) is 11.7. The zero-order valence-electron chi connectivity index (χ0n) is 17.3. The Balaban J connectivity index is 3.09. The minimum absolute atomic E-state index is 0.0591. The van der Waals surface area contributed by atoms with Crippen LogP contribution in [0.2, 0.25) is 0 Å². The van der Waals surface area contributed by atoms with Crippen LogP contribution in [0.4, 0.5) is 0 Å². The maximum atomic E-state index is 10.7. The Morgan fingerprint density at radius 1 is 0.560 bits per heavy atom. The molecule has 0 amide bonds. The quantitative estimate of drug-likeness (QED) is 0.205. The highest BCUT2D eigenvalue weighted by molar-refractivity contribution is 7.51. The average molecular weight is 377 g/mol. The van der Waals surface area contributed by atoms with E-state index in [2.05, 4.69) is 20.8 Å². The van der Waals surface area contributed by atoms with Gasteiger partial charge in [-0.2, -0.15) is 0 Å². The Bertz CT molecular complexity index is 331. The summed E-state index contributed by atoms with van der Waals surface area (Å²) in [7, 11) is -3.76. The molecule has 25 heavy (non-hydrogen) atoms. The normalized spacial score (nSPS) is 12.7. The fourth-order valence-corrected chi connectivity index (χ4v) is 3.91. The largest absolute Gasteiger partial charge is 0.325 e. The molecule has 152 valence electrons. The van der Waals surface area contributed by atoms with E-state index in [4.69, 9.17) is 9.79 Å². The van der Waals surface area contributed by atoms with Crippen molar-refractivity contribution in [2.75, 3.05) is 6.16 Å². The maximum Gasteiger partial charge on any atom is 0.325 e. The number of hydrogen-bond donors (Lipinski definition) is 2. The van der Waals surface area contributed by atoms with Crippen molar-refractivity contribution in [3.05, 3.63) is 0 Å². The highest BCUT2D eigenvalue weighted by Crippen LogP contribution is 2.35. The van der Waals surface area contributed by atoms with Crippen molar-refractivity contribution in [1.29, 1.82) is 0 Å². The molecule has 0 aromatic heterocycles. The van der Waals surface area contributed by atoms with Gasteiger partial charge in [0.2, 0.25) is 0 Å². The minimum atomic E-state index is -3.76. The molecular weight excluding hydrogens is 331 g/mol. The molecule has 0 aliphatic carbocycles. The van der Waals surface area contributed by atoms with E-state index in [0.717, 1.165) is 12.8 Å². The van der Waals surface area contributed by atoms with Crippen LogP contribution in [0.5, 0.6) is 0 Å². The summed E-state index contributed by atoms with van der Waals surface area (Å²) in [6, 6.07) is 0. The molecule has 0 saturated heterocycles.